The molecule has 0 amide bonds. The quantitative estimate of drug-likeness (QED) is 0.0211. The highest BCUT2D eigenvalue weighted by Gasteiger charge is 2.27. The highest BCUT2D eigenvalue weighted by molar-refractivity contribution is 7.47. The van der Waals surface area contributed by atoms with Crippen molar-refractivity contribution in [1.82, 2.24) is 0 Å². The molecule has 526 valence electrons. The van der Waals surface area contributed by atoms with Gasteiger partial charge in [-0.1, -0.05) is 320 Å². The predicted molar refractivity (Wildman–Crippen MR) is 399 cm³/mol. The topological polar surface area (TPSA) is 108 Å². The molecule has 0 saturated heterocycles. The minimum atomic E-state index is -4.40. The number of likely N-dealkylation sites (N-methyl/N-ethyl adjacent to an activating group) is 1. The van der Waals surface area contributed by atoms with Crippen LogP contribution in [0.3, 0.4) is 0 Å². The molecule has 0 heterocycles. The summed E-state index contributed by atoms with van der Waals surface area (Å²) in [6.07, 6.45) is 105. The van der Waals surface area contributed by atoms with Gasteiger partial charge in [0.15, 0.2) is 6.10 Å². The fourth-order valence-corrected chi connectivity index (χ4v) is 10.9. The average molecular weight is 1300 g/mol. The third-order valence-electron chi connectivity index (χ3n) is 15.9. The van der Waals surface area contributed by atoms with E-state index in [0.717, 1.165) is 116 Å². The molecule has 0 saturated carbocycles. The Bertz CT molecular complexity index is 2070. The molecule has 0 aliphatic rings. The zero-order valence-electron chi connectivity index (χ0n) is 60.0. The second-order valence-electron chi connectivity index (χ2n) is 25.9. The van der Waals surface area contributed by atoms with E-state index in [1.54, 1.807) is 0 Å². The van der Waals surface area contributed by atoms with Gasteiger partial charge in [0.05, 0.1) is 27.7 Å². The number of rotatable bonds is 68. The van der Waals surface area contributed by atoms with Crippen molar-refractivity contribution in [1.29, 1.82) is 0 Å². The van der Waals surface area contributed by atoms with Crippen LogP contribution >= 0.6 is 7.82 Å². The molecule has 0 spiro atoms. The molecule has 2 atom stereocenters. The summed E-state index contributed by atoms with van der Waals surface area (Å²) in [5, 5.41) is 0. The van der Waals surface area contributed by atoms with E-state index in [9.17, 15) is 19.0 Å². The zero-order valence-corrected chi connectivity index (χ0v) is 60.9. The molecule has 0 aromatic rings. The summed E-state index contributed by atoms with van der Waals surface area (Å²) in [5.41, 5.74) is 0. The van der Waals surface area contributed by atoms with Crippen molar-refractivity contribution >= 4 is 19.8 Å². The van der Waals surface area contributed by atoms with E-state index in [-0.39, 0.29) is 32.0 Å². The van der Waals surface area contributed by atoms with Gasteiger partial charge in [0.2, 0.25) is 0 Å². The summed E-state index contributed by atoms with van der Waals surface area (Å²) in [6, 6.07) is 0. The van der Waals surface area contributed by atoms with E-state index < -0.39 is 26.5 Å². The highest BCUT2D eigenvalue weighted by Crippen LogP contribution is 2.43. The Hall–Kier alpha value is -4.11. The molecule has 0 aromatic carbocycles. The second kappa shape index (κ2) is 71.2. The number of allylic oxidation sites excluding steroid dienone is 24. The minimum absolute atomic E-state index is 0.0245. The molecule has 2 unspecified atom stereocenters. The Kier molecular flexibility index (Phi) is 68.0. The number of hydrogen-bond acceptors (Lipinski definition) is 7. The molecule has 1 N–H and O–H groups in total. The van der Waals surface area contributed by atoms with Gasteiger partial charge in [-0.2, -0.15) is 0 Å². The lowest BCUT2D eigenvalue weighted by Gasteiger charge is -2.24. The van der Waals surface area contributed by atoms with Crippen LogP contribution in [0.25, 0.3) is 0 Å². The van der Waals surface area contributed by atoms with E-state index in [2.05, 4.69) is 160 Å². The van der Waals surface area contributed by atoms with E-state index in [4.69, 9.17) is 18.5 Å². The van der Waals surface area contributed by atoms with Crippen LogP contribution in [0.4, 0.5) is 0 Å². The SMILES string of the molecule is CC/C=C\C/C=C\C/C=C\C/C=C\C/C=C\C/C=C\C/C=C\C/C=C\C/C=C\CCCCCCCCCCCC(=O)OC(COC(=O)CCCCCCCCCCCCCCCCCC/C=C\C/C=C\C/C=C\CCCCCCC)COP(=O)(O)OCC[N+](C)(C)C. The number of carbonyl (C=O) groups is 2. The first-order valence-electron chi connectivity index (χ1n) is 37.6. The van der Waals surface area contributed by atoms with E-state index in [1.165, 1.54) is 161 Å². The van der Waals surface area contributed by atoms with Crippen LogP contribution in [-0.2, 0) is 32.7 Å². The Morgan fingerprint density at radius 2 is 0.620 bits per heavy atom. The number of esters is 2. The monoisotopic (exact) mass is 1300 g/mol. The number of ether oxygens (including phenoxy) is 2. The number of hydrogen-bond donors (Lipinski definition) is 1. The molecule has 0 aliphatic heterocycles. The Morgan fingerprint density at radius 3 is 0.924 bits per heavy atom. The standard InChI is InChI=1S/C82H140NO8P/c1-6-8-10-12-14-16-18-20-22-24-26-28-30-32-34-36-38-39-40-41-42-43-45-47-49-51-53-55-57-59-61-63-65-67-69-71-73-75-82(85)91-80(79-90-92(86,87)89-77-76-83(3,4)5)78-88-81(84)74-72-70-68-66-64-62-60-58-56-54-52-50-48-46-44-37-35-33-31-29-27-25-23-21-19-17-15-13-11-9-7-2/h8,10,14,16,19-22,25-28,31-34,38-39,41-42,45,47,51,53,80H,6-7,9,11-13,15,17-18,23-24,29-30,35-37,40,43-44,46,48-50,52,54-79H2,1-5H3/p+1/b10-8-,16-14-,21-19-,22-20-,27-25-,28-26-,33-31-,34-32-,39-38-,42-41-,47-45-,53-51-. The fourth-order valence-electron chi connectivity index (χ4n) is 10.1. The van der Waals surface area contributed by atoms with Crippen molar-refractivity contribution in [3.05, 3.63) is 146 Å². The minimum Gasteiger partial charge on any atom is -0.462 e. The third kappa shape index (κ3) is 74.9. The van der Waals surface area contributed by atoms with Gasteiger partial charge < -0.3 is 18.9 Å². The van der Waals surface area contributed by atoms with E-state index >= 15 is 0 Å². The number of phosphoric ester groups is 1. The number of carbonyl (C=O) groups excluding carboxylic acids is 2. The smallest absolute Gasteiger partial charge is 0.462 e. The lowest BCUT2D eigenvalue weighted by atomic mass is 10.0. The van der Waals surface area contributed by atoms with Gasteiger partial charge >= 0.3 is 19.8 Å². The van der Waals surface area contributed by atoms with Crippen LogP contribution < -0.4 is 0 Å². The lowest BCUT2D eigenvalue weighted by molar-refractivity contribution is -0.870. The maximum Gasteiger partial charge on any atom is 0.472 e. The normalized spacial score (nSPS) is 13.9. The van der Waals surface area contributed by atoms with Gasteiger partial charge in [-0.25, -0.2) is 4.57 Å². The summed E-state index contributed by atoms with van der Waals surface area (Å²) in [6.45, 7) is 4.31. The van der Waals surface area contributed by atoms with E-state index in [1.807, 2.05) is 21.1 Å². The van der Waals surface area contributed by atoms with Crippen LogP contribution in [0.1, 0.15) is 309 Å². The summed E-state index contributed by atoms with van der Waals surface area (Å²) >= 11 is 0. The number of unbranched alkanes of at least 4 members (excludes halogenated alkanes) is 30. The summed E-state index contributed by atoms with van der Waals surface area (Å²) < 4.78 is 34.8. The van der Waals surface area contributed by atoms with Crippen LogP contribution in [0.2, 0.25) is 0 Å². The summed E-state index contributed by atoms with van der Waals surface area (Å²) in [4.78, 5) is 35.9. The maximum atomic E-state index is 12.9. The fraction of sp³-hybridized carbons (Fsp3) is 0.683. The predicted octanol–water partition coefficient (Wildman–Crippen LogP) is 24.9. The van der Waals surface area contributed by atoms with Crippen molar-refractivity contribution in [2.45, 2.75) is 315 Å². The van der Waals surface area contributed by atoms with Crippen LogP contribution in [0, 0.1) is 0 Å². The first kappa shape index (κ1) is 87.9. The van der Waals surface area contributed by atoms with Gasteiger partial charge in [-0.3, -0.25) is 18.6 Å². The van der Waals surface area contributed by atoms with Gasteiger partial charge in [0, 0.05) is 12.8 Å². The van der Waals surface area contributed by atoms with Crippen molar-refractivity contribution in [2.75, 3.05) is 47.5 Å². The Labute approximate surface area is 567 Å². The maximum absolute atomic E-state index is 12.9. The third-order valence-corrected chi connectivity index (χ3v) is 16.8. The van der Waals surface area contributed by atoms with Crippen LogP contribution in [0.15, 0.2) is 146 Å². The number of nitrogens with zero attached hydrogens (tertiary/aromatic N) is 1. The van der Waals surface area contributed by atoms with Crippen molar-refractivity contribution < 1.29 is 42.1 Å². The highest BCUT2D eigenvalue weighted by atomic mass is 31.2. The van der Waals surface area contributed by atoms with Crippen LogP contribution in [0.5, 0.6) is 0 Å². The lowest BCUT2D eigenvalue weighted by Crippen LogP contribution is -2.37. The van der Waals surface area contributed by atoms with Crippen molar-refractivity contribution in [2.24, 2.45) is 0 Å². The van der Waals surface area contributed by atoms with Crippen molar-refractivity contribution in [3.63, 3.8) is 0 Å². The van der Waals surface area contributed by atoms with Gasteiger partial charge in [0.25, 0.3) is 0 Å². The molecule has 0 aliphatic carbocycles. The zero-order chi connectivity index (χ0) is 66.9. The van der Waals surface area contributed by atoms with Crippen molar-refractivity contribution in [3.8, 4) is 0 Å². The van der Waals surface area contributed by atoms with E-state index in [0.29, 0.717) is 17.4 Å². The number of phosphoric acid groups is 1. The first-order valence-corrected chi connectivity index (χ1v) is 39.1. The second-order valence-corrected chi connectivity index (χ2v) is 27.4. The Balaban J connectivity index is 4.08. The van der Waals surface area contributed by atoms with Gasteiger partial charge in [0.1, 0.15) is 19.8 Å². The number of quaternary nitrogens is 1. The molecule has 0 rings (SSSR count). The van der Waals surface area contributed by atoms with Gasteiger partial charge in [-0.05, 0) is 122 Å². The molecule has 10 heteroatoms. The molecule has 0 fully saturated rings. The van der Waals surface area contributed by atoms with Crippen LogP contribution in [-0.4, -0.2) is 74.9 Å². The molecule has 92 heavy (non-hydrogen) atoms. The molecule has 0 aromatic heterocycles. The molecule has 0 radical (unpaired) electrons. The largest absolute Gasteiger partial charge is 0.472 e. The Morgan fingerprint density at radius 1 is 0.348 bits per heavy atom. The molecular weight excluding hydrogens is 1160 g/mol. The average Bonchev–Trinajstić information content (AvgIpc) is 2.34. The molecule has 0 bridgehead atoms. The molecular formula is C82H141NO8P+. The summed E-state index contributed by atoms with van der Waals surface area (Å²) in [5.74, 6) is -0.804. The first-order chi connectivity index (χ1) is 45.0. The van der Waals surface area contributed by atoms with Gasteiger partial charge in [-0.15, -0.1) is 0 Å². The summed E-state index contributed by atoms with van der Waals surface area (Å²) in [7, 11) is 1.46. The molecule has 9 nitrogen and oxygen atoms in total.